The Bertz CT molecular complexity index is 1390. The highest BCUT2D eigenvalue weighted by Crippen LogP contribution is 2.53. The fourth-order valence-corrected chi connectivity index (χ4v) is 5.97. The van der Waals surface area contributed by atoms with E-state index in [1.807, 2.05) is 36.4 Å². The molecule has 3 N–H and O–H groups in total. The minimum absolute atomic E-state index is 0.0734. The highest BCUT2D eigenvalue weighted by Gasteiger charge is 2.31. The standard InChI is InChI=1S/C36H42O6/c1-19(2)31-34(22-10-13-25(37)28(16-22)40-7)32(20(3)4)36(24-12-15-27(39)30(18-24)42-9)33(21(5)6)35(31)23-11-14-26(38)29(17-23)41-8/h10-21,37-39H,1-9H3. The molecular weight excluding hydrogens is 528 g/mol. The van der Waals surface area contributed by atoms with Crippen LogP contribution in [0.4, 0.5) is 0 Å². The predicted molar refractivity (Wildman–Crippen MR) is 170 cm³/mol. The fourth-order valence-electron chi connectivity index (χ4n) is 5.97. The maximum atomic E-state index is 10.5. The number of phenols is 3. The second-order valence-electron chi connectivity index (χ2n) is 11.5. The summed E-state index contributed by atoms with van der Waals surface area (Å²) in [6.07, 6.45) is 0. The van der Waals surface area contributed by atoms with Crippen LogP contribution in [-0.4, -0.2) is 36.6 Å². The number of benzene rings is 4. The molecule has 0 spiro atoms. The second-order valence-corrected chi connectivity index (χ2v) is 11.5. The molecule has 6 nitrogen and oxygen atoms in total. The Morgan fingerprint density at radius 2 is 0.667 bits per heavy atom. The van der Waals surface area contributed by atoms with Crippen molar-refractivity contribution in [3.05, 3.63) is 71.3 Å². The van der Waals surface area contributed by atoms with Crippen molar-refractivity contribution in [2.45, 2.75) is 59.3 Å². The molecule has 0 aliphatic rings. The van der Waals surface area contributed by atoms with Crippen molar-refractivity contribution in [3.8, 4) is 67.9 Å². The first kappa shape index (κ1) is 30.6. The lowest BCUT2D eigenvalue weighted by atomic mass is 9.71. The van der Waals surface area contributed by atoms with E-state index in [9.17, 15) is 15.3 Å². The van der Waals surface area contributed by atoms with Crippen LogP contribution < -0.4 is 14.2 Å². The molecule has 0 unspecified atom stereocenters. The number of hydrogen-bond donors (Lipinski definition) is 3. The van der Waals surface area contributed by atoms with Crippen molar-refractivity contribution in [1.82, 2.24) is 0 Å². The van der Waals surface area contributed by atoms with Gasteiger partial charge in [0.15, 0.2) is 34.5 Å². The first-order valence-corrected chi connectivity index (χ1v) is 14.3. The Morgan fingerprint density at radius 3 is 0.857 bits per heavy atom. The minimum atomic E-state index is 0.0734. The molecule has 222 valence electrons. The van der Waals surface area contributed by atoms with Crippen LogP contribution in [0.2, 0.25) is 0 Å². The zero-order chi connectivity index (χ0) is 30.9. The Balaban J connectivity index is 2.35. The molecule has 0 aliphatic heterocycles. The summed E-state index contributed by atoms with van der Waals surface area (Å²) in [5.41, 5.74) is 9.40. The number of rotatable bonds is 9. The molecule has 4 aromatic rings. The lowest BCUT2D eigenvalue weighted by molar-refractivity contribution is 0.373. The molecule has 0 aliphatic carbocycles. The van der Waals surface area contributed by atoms with Gasteiger partial charge in [0.2, 0.25) is 0 Å². The predicted octanol–water partition coefficient (Wildman–Crippen LogP) is 9.20. The van der Waals surface area contributed by atoms with Gasteiger partial charge in [-0.05, 0) is 104 Å². The molecule has 4 rings (SSSR count). The van der Waals surface area contributed by atoms with E-state index in [2.05, 4.69) is 41.5 Å². The van der Waals surface area contributed by atoms with E-state index in [-0.39, 0.29) is 35.0 Å². The van der Waals surface area contributed by atoms with E-state index < -0.39 is 0 Å². The van der Waals surface area contributed by atoms with E-state index in [4.69, 9.17) is 14.2 Å². The van der Waals surface area contributed by atoms with Gasteiger partial charge in [-0.1, -0.05) is 59.7 Å². The van der Waals surface area contributed by atoms with Crippen LogP contribution in [0.5, 0.6) is 34.5 Å². The Kier molecular flexibility index (Phi) is 8.95. The van der Waals surface area contributed by atoms with Crippen molar-refractivity contribution >= 4 is 0 Å². The van der Waals surface area contributed by atoms with Crippen LogP contribution in [-0.2, 0) is 0 Å². The summed E-state index contributed by atoms with van der Waals surface area (Å²) >= 11 is 0. The summed E-state index contributed by atoms with van der Waals surface area (Å²) < 4.78 is 16.6. The van der Waals surface area contributed by atoms with Crippen LogP contribution >= 0.6 is 0 Å². The molecule has 0 atom stereocenters. The van der Waals surface area contributed by atoms with Gasteiger partial charge in [0.25, 0.3) is 0 Å². The Hall–Kier alpha value is -4.32. The molecule has 0 bridgehead atoms. The first-order valence-electron chi connectivity index (χ1n) is 14.3. The molecule has 6 heteroatoms. The number of methoxy groups -OCH3 is 3. The zero-order valence-electron chi connectivity index (χ0n) is 26.0. The molecule has 4 aromatic carbocycles. The van der Waals surface area contributed by atoms with Gasteiger partial charge in [-0.3, -0.25) is 0 Å². The summed E-state index contributed by atoms with van der Waals surface area (Å²) in [6.45, 7) is 13.1. The van der Waals surface area contributed by atoms with Gasteiger partial charge in [0.1, 0.15) is 0 Å². The molecular formula is C36H42O6. The monoisotopic (exact) mass is 570 g/mol. The van der Waals surface area contributed by atoms with E-state index in [1.165, 1.54) is 0 Å². The van der Waals surface area contributed by atoms with Crippen molar-refractivity contribution in [1.29, 1.82) is 0 Å². The third-order valence-electron chi connectivity index (χ3n) is 7.75. The normalized spacial score (nSPS) is 11.4. The summed E-state index contributed by atoms with van der Waals surface area (Å²) in [5, 5.41) is 31.5. The number of ether oxygens (including phenoxy) is 3. The summed E-state index contributed by atoms with van der Waals surface area (Å²) in [4.78, 5) is 0. The van der Waals surface area contributed by atoms with Crippen molar-refractivity contribution in [2.75, 3.05) is 21.3 Å². The quantitative estimate of drug-likeness (QED) is 0.186. The topological polar surface area (TPSA) is 88.4 Å². The van der Waals surface area contributed by atoms with Crippen LogP contribution in [0.3, 0.4) is 0 Å². The molecule has 0 saturated carbocycles. The van der Waals surface area contributed by atoms with E-state index in [0.717, 1.165) is 50.1 Å². The number of hydrogen-bond acceptors (Lipinski definition) is 6. The van der Waals surface area contributed by atoms with Gasteiger partial charge < -0.3 is 29.5 Å². The van der Waals surface area contributed by atoms with Gasteiger partial charge in [-0.15, -0.1) is 0 Å². The third kappa shape index (κ3) is 5.46. The van der Waals surface area contributed by atoms with Crippen LogP contribution in [0.25, 0.3) is 33.4 Å². The fraction of sp³-hybridized carbons (Fsp3) is 0.333. The SMILES string of the molecule is COc1cc(-c2c(C(C)C)c(-c3ccc(O)c(OC)c3)c(C(C)C)c(-c3ccc(O)c(OC)c3)c2C(C)C)ccc1O. The Morgan fingerprint density at radius 1 is 0.429 bits per heavy atom. The molecule has 0 amide bonds. The van der Waals surface area contributed by atoms with Gasteiger partial charge in [0.05, 0.1) is 21.3 Å². The Labute approximate surface area is 249 Å². The molecule has 0 heterocycles. The summed E-state index contributed by atoms with van der Waals surface area (Å²) in [7, 11) is 4.65. The first-order chi connectivity index (χ1) is 19.9. The van der Waals surface area contributed by atoms with E-state index in [0.29, 0.717) is 17.2 Å². The summed E-state index contributed by atoms with van der Waals surface area (Å²) in [6, 6.07) is 16.5. The van der Waals surface area contributed by atoms with Gasteiger partial charge >= 0.3 is 0 Å². The average molecular weight is 571 g/mol. The third-order valence-corrected chi connectivity index (χ3v) is 7.75. The summed E-state index contributed by atoms with van der Waals surface area (Å²) in [5.74, 6) is 1.72. The van der Waals surface area contributed by atoms with Crippen molar-refractivity contribution < 1.29 is 29.5 Å². The molecule has 0 aromatic heterocycles. The van der Waals surface area contributed by atoms with Gasteiger partial charge in [-0.25, -0.2) is 0 Å². The maximum absolute atomic E-state index is 10.5. The van der Waals surface area contributed by atoms with Crippen LogP contribution in [0.1, 0.15) is 76.0 Å². The van der Waals surface area contributed by atoms with Gasteiger partial charge in [0, 0.05) is 0 Å². The second kappa shape index (κ2) is 12.3. The average Bonchev–Trinajstić information content (AvgIpc) is 2.96. The molecule has 0 radical (unpaired) electrons. The largest absolute Gasteiger partial charge is 0.504 e. The maximum Gasteiger partial charge on any atom is 0.161 e. The van der Waals surface area contributed by atoms with Gasteiger partial charge in [-0.2, -0.15) is 0 Å². The lowest BCUT2D eigenvalue weighted by Crippen LogP contribution is -2.11. The van der Waals surface area contributed by atoms with E-state index >= 15 is 0 Å². The lowest BCUT2D eigenvalue weighted by Gasteiger charge is -2.32. The van der Waals surface area contributed by atoms with Crippen molar-refractivity contribution in [3.63, 3.8) is 0 Å². The zero-order valence-corrected chi connectivity index (χ0v) is 26.0. The smallest absolute Gasteiger partial charge is 0.161 e. The molecule has 42 heavy (non-hydrogen) atoms. The highest BCUT2D eigenvalue weighted by molar-refractivity contribution is 5.94. The van der Waals surface area contributed by atoms with Crippen LogP contribution in [0.15, 0.2) is 54.6 Å². The number of aromatic hydroxyl groups is 3. The van der Waals surface area contributed by atoms with E-state index in [1.54, 1.807) is 39.5 Å². The molecule has 0 saturated heterocycles. The van der Waals surface area contributed by atoms with Crippen LogP contribution in [0, 0.1) is 0 Å². The highest BCUT2D eigenvalue weighted by atomic mass is 16.5. The van der Waals surface area contributed by atoms with Crippen molar-refractivity contribution in [2.24, 2.45) is 0 Å². The number of phenolic OH excluding ortho intramolecular Hbond substituents is 3. The minimum Gasteiger partial charge on any atom is -0.504 e. The molecule has 0 fully saturated rings.